The predicted octanol–water partition coefficient (Wildman–Crippen LogP) is -0.306. The molecule has 1 saturated heterocycles. The Bertz CT molecular complexity index is 501. The first-order valence-electron chi connectivity index (χ1n) is 6.05. The number of aromatic nitrogens is 3. The smallest absolute Gasteiger partial charge is 0.105 e. The number of hydrogen-bond donors (Lipinski definition) is 3. The van der Waals surface area contributed by atoms with Crippen molar-refractivity contribution in [1.29, 1.82) is 0 Å². The van der Waals surface area contributed by atoms with Crippen LogP contribution in [0.3, 0.4) is 0 Å². The lowest BCUT2D eigenvalue weighted by Crippen LogP contribution is -2.21. The van der Waals surface area contributed by atoms with Crippen LogP contribution < -0.4 is 0 Å². The van der Waals surface area contributed by atoms with Gasteiger partial charge in [-0.1, -0.05) is 0 Å². The number of fused-ring (bicyclic) bond motifs is 1. The number of β-amino-alcohol motifs (C(OH)–C–C–N with tert-alkyl or cyclic N) is 1. The predicted molar refractivity (Wildman–Crippen MR) is 64.9 cm³/mol. The summed E-state index contributed by atoms with van der Waals surface area (Å²) in [5.74, 6) is -0.0412. The van der Waals surface area contributed by atoms with Crippen molar-refractivity contribution in [3.05, 3.63) is 24.3 Å². The number of aromatic amines is 1. The molecule has 0 aromatic carbocycles. The molecule has 3 aliphatic rings. The first kappa shape index (κ1) is 11.6. The van der Waals surface area contributed by atoms with E-state index in [1.807, 2.05) is 12.4 Å². The third-order valence-electron chi connectivity index (χ3n) is 3.51. The largest absolute Gasteiger partial charge is 0.396 e. The Morgan fingerprint density at radius 2 is 2.28 bits per heavy atom. The van der Waals surface area contributed by atoms with Gasteiger partial charge in [-0.3, -0.25) is 9.88 Å². The lowest BCUT2D eigenvalue weighted by molar-refractivity contribution is 0.103. The van der Waals surface area contributed by atoms with Gasteiger partial charge in [0, 0.05) is 50.1 Å². The molecule has 0 aromatic rings. The Kier molecular flexibility index (Phi) is 2.99. The monoisotopic (exact) mass is 248 g/mol. The summed E-state index contributed by atoms with van der Waals surface area (Å²) in [6.07, 6.45) is 4.85. The van der Waals surface area contributed by atoms with Crippen LogP contribution in [0.5, 0.6) is 0 Å². The normalized spacial score (nSPS) is 25.0. The van der Waals surface area contributed by atoms with E-state index in [1.54, 1.807) is 6.33 Å². The molecular weight excluding hydrogens is 232 g/mol. The van der Waals surface area contributed by atoms with Crippen LogP contribution in [0.4, 0.5) is 0 Å². The van der Waals surface area contributed by atoms with Crippen molar-refractivity contribution in [3.8, 4) is 11.4 Å². The summed E-state index contributed by atoms with van der Waals surface area (Å²) in [6.45, 7) is 2.05. The van der Waals surface area contributed by atoms with Gasteiger partial charge in [0.25, 0.3) is 0 Å². The van der Waals surface area contributed by atoms with Gasteiger partial charge >= 0.3 is 0 Å². The standard InChI is InChI=1S/C12H16N4O2/c17-6-9-4-16(5-11(9)18)3-8-1-14-10-2-13-7-15-12(8)10/h1-2,7,9,11,17-18H,3-6H2,(H,13,15)/t9-,11+/m1/s1. The van der Waals surface area contributed by atoms with Crippen LogP contribution in [0, 0.1) is 5.92 Å². The van der Waals surface area contributed by atoms with Crippen molar-refractivity contribution < 1.29 is 10.2 Å². The van der Waals surface area contributed by atoms with Gasteiger partial charge in [0.1, 0.15) is 5.69 Å². The second-order valence-corrected chi connectivity index (χ2v) is 4.79. The van der Waals surface area contributed by atoms with E-state index in [9.17, 15) is 5.11 Å². The molecule has 96 valence electrons. The van der Waals surface area contributed by atoms with Gasteiger partial charge in [0.05, 0.1) is 18.1 Å². The molecule has 0 radical (unpaired) electrons. The van der Waals surface area contributed by atoms with Gasteiger partial charge in [-0.2, -0.15) is 0 Å². The van der Waals surface area contributed by atoms with Gasteiger partial charge < -0.3 is 15.2 Å². The highest BCUT2D eigenvalue weighted by Gasteiger charge is 2.31. The molecule has 0 aliphatic carbocycles. The molecule has 6 nitrogen and oxygen atoms in total. The van der Waals surface area contributed by atoms with Gasteiger partial charge in [-0.15, -0.1) is 0 Å². The second-order valence-electron chi connectivity index (χ2n) is 4.79. The molecule has 1 fully saturated rings. The molecule has 0 amide bonds. The van der Waals surface area contributed by atoms with Crippen LogP contribution in [0.2, 0.25) is 0 Å². The fourth-order valence-electron chi connectivity index (χ4n) is 2.51. The van der Waals surface area contributed by atoms with Crippen molar-refractivity contribution in [2.45, 2.75) is 12.6 Å². The zero-order chi connectivity index (χ0) is 12.5. The maximum atomic E-state index is 9.76. The highest BCUT2D eigenvalue weighted by Crippen LogP contribution is 2.25. The lowest BCUT2D eigenvalue weighted by Gasteiger charge is -2.14. The van der Waals surface area contributed by atoms with Gasteiger partial charge in [0.15, 0.2) is 0 Å². The third-order valence-corrected chi connectivity index (χ3v) is 3.51. The Balaban J connectivity index is 1.74. The Morgan fingerprint density at radius 1 is 1.39 bits per heavy atom. The van der Waals surface area contributed by atoms with Crippen LogP contribution in [0.15, 0.2) is 18.7 Å². The lowest BCUT2D eigenvalue weighted by atomic mass is 10.1. The molecule has 3 N–H and O–H groups in total. The van der Waals surface area contributed by atoms with Crippen molar-refractivity contribution in [1.82, 2.24) is 19.9 Å². The number of aliphatic hydroxyl groups is 2. The quantitative estimate of drug-likeness (QED) is 0.694. The summed E-state index contributed by atoms with van der Waals surface area (Å²) < 4.78 is 0. The Labute approximate surface area is 105 Å². The molecular formula is C12H16N4O2. The molecule has 2 atom stereocenters. The van der Waals surface area contributed by atoms with Crippen LogP contribution in [0.25, 0.3) is 11.4 Å². The summed E-state index contributed by atoms with van der Waals surface area (Å²) in [7, 11) is 0. The first-order chi connectivity index (χ1) is 8.78. The maximum Gasteiger partial charge on any atom is 0.105 e. The van der Waals surface area contributed by atoms with E-state index in [4.69, 9.17) is 5.11 Å². The SMILES string of the molecule is OC[C@H]1CN(Cc2cnc3c[nH]cnc2-3)C[C@@H]1O. The number of rotatable bonds is 3. The summed E-state index contributed by atoms with van der Waals surface area (Å²) in [5.41, 5.74) is 2.81. The van der Waals surface area contributed by atoms with Gasteiger partial charge in [0.2, 0.25) is 0 Å². The summed E-state index contributed by atoms with van der Waals surface area (Å²) in [6, 6.07) is 0. The summed E-state index contributed by atoms with van der Waals surface area (Å²) in [5, 5.41) is 18.9. The molecule has 0 spiro atoms. The number of nitrogens with zero attached hydrogens (tertiary/aromatic N) is 3. The highest BCUT2D eigenvalue weighted by molar-refractivity contribution is 5.59. The van der Waals surface area contributed by atoms with E-state index in [-0.39, 0.29) is 12.5 Å². The van der Waals surface area contributed by atoms with E-state index >= 15 is 0 Å². The molecule has 18 heavy (non-hydrogen) atoms. The second kappa shape index (κ2) is 4.64. The minimum atomic E-state index is -0.439. The third kappa shape index (κ3) is 1.98. The van der Waals surface area contributed by atoms with E-state index in [0.717, 1.165) is 17.0 Å². The average Bonchev–Trinajstić information content (AvgIpc) is 2.94. The molecule has 0 bridgehead atoms. The van der Waals surface area contributed by atoms with Crippen molar-refractivity contribution in [3.63, 3.8) is 0 Å². The molecule has 3 rings (SSSR count). The molecule has 0 saturated carbocycles. The molecule has 0 aromatic heterocycles. The minimum absolute atomic E-state index is 0.0326. The molecule has 6 heteroatoms. The fraction of sp³-hybridized carbons (Fsp3) is 0.500. The summed E-state index contributed by atoms with van der Waals surface area (Å²) in [4.78, 5) is 13.6. The van der Waals surface area contributed by atoms with E-state index in [0.29, 0.717) is 19.6 Å². The number of nitrogens with one attached hydrogen (secondary N) is 1. The zero-order valence-corrected chi connectivity index (χ0v) is 9.95. The average molecular weight is 248 g/mol. The van der Waals surface area contributed by atoms with Crippen LogP contribution in [-0.4, -0.2) is 55.9 Å². The van der Waals surface area contributed by atoms with Crippen LogP contribution in [0.1, 0.15) is 5.56 Å². The van der Waals surface area contributed by atoms with E-state index in [2.05, 4.69) is 19.9 Å². The van der Waals surface area contributed by atoms with Crippen LogP contribution in [-0.2, 0) is 6.54 Å². The highest BCUT2D eigenvalue weighted by atomic mass is 16.3. The minimum Gasteiger partial charge on any atom is -0.396 e. The summed E-state index contributed by atoms with van der Waals surface area (Å²) >= 11 is 0. The van der Waals surface area contributed by atoms with Crippen LogP contribution >= 0.6 is 0 Å². The fourth-order valence-corrected chi connectivity index (χ4v) is 2.51. The van der Waals surface area contributed by atoms with Gasteiger partial charge in [-0.25, -0.2) is 4.98 Å². The number of likely N-dealkylation sites (tertiary alicyclic amines) is 1. The topological polar surface area (TPSA) is 85.3 Å². The molecule has 3 heterocycles. The van der Waals surface area contributed by atoms with E-state index < -0.39 is 6.10 Å². The van der Waals surface area contributed by atoms with Crippen molar-refractivity contribution in [2.75, 3.05) is 19.7 Å². The Morgan fingerprint density at radius 3 is 3.06 bits per heavy atom. The zero-order valence-electron chi connectivity index (χ0n) is 9.95. The number of H-pyrrole nitrogens is 1. The first-order valence-corrected chi connectivity index (χ1v) is 6.05. The van der Waals surface area contributed by atoms with Crippen molar-refractivity contribution >= 4 is 0 Å². The number of aliphatic hydroxyl groups excluding tert-OH is 2. The van der Waals surface area contributed by atoms with E-state index in [1.165, 1.54) is 0 Å². The number of hydrogen-bond acceptors (Lipinski definition) is 5. The van der Waals surface area contributed by atoms with Gasteiger partial charge in [-0.05, 0) is 0 Å². The van der Waals surface area contributed by atoms with Crippen molar-refractivity contribution in [2.24, 2.45) is 5.92 Å². The molecule has 0 unspecified atom stereocenters. The molecule has 3 aliphatic heterocycles. The Hall–Kier alpha value is -1.50. The maximum absolute atomic E-state index is 9.76.